The van der Waals surface area contributed by atoms with Crippen LogP contribution in [0.15, 0.2) is 18.2 Å². The predicted octanol–water partition coefficient (Wildman–Crippen LogP) is 2.63. The number of hydrogen-bond acceptors (Lipinski definition) is 3. The minimum absolute atomic E-state index is 0.463. The summed E-state index contributed by atoms with van der Waals surface area (Å²) in [7, 11) is 0. The van der Waals surface area contributed by atoms with Crippen LogP contribution in [0.25, 0.3) is 0 Å². The van der Waals surface area contributed by atoms with Crippen LogP contribution >= 0.6 is 15.9 Å². The van der Waals surface area contributed by atoms with Gasteiger partial charge in [-0.1, -0.05) is 22.0 Å². The Labute approximate surface area is 114 Å². The zero-order chi connectivity index (χ0) is 13.0. The summed E-state index contributed by atoms with van der Waals surface area (Å²) >= 11 is 3.13. The number of benzene rings is 1. The molecule has 18 heavy (non-hydrogen) atoms. The lowest BCUT2D eigenvalue weighted by atomic mass is 10.1. The van der Waals surface area contributed by atoms with Crippen LogP contribution < -0.4 is 9.47 Å². The largest absolute Gasteiger partial charge is 0.486 e. The number of aliphatic carboxylic acids is 1. The van der Waals surface area contributed by atoms with E-state index in [0.29, 0.717) is 19.6 Å². The van der Waals surface area contributed by atoms with Crippen molar-refractivity contribution in [3.8, 4) is 11.5 Å². The smallest absolute Gasteiger partial charge is 0.317 e. The molecule has 98 valence electrons. The molecule has 5 heteroatoms. The van der Waals surface area contributed by atoms with Gasteiger partial charge in [0.1, 0.15) is 18.0 Å². The first kappa shape index (κ1) is 13.2. The first-order valence-electron chi connectivity index (χ1n) is 5.92. The predicted molar refractivity (Wildman–Crippen MR) is 70.7 cm³/mol. The van der Waals surface area contributed by atoms with Gasteiger partial charge in [0.2, 0.25) is 0 Å². The van der Waals surface area contributed by atoms with E-state index in [-0.39, 0.29) is 0 Å². The Morgan fingerprint density at radius 3 is 2.78 bits per heavy atom. The highest BCUT2D eigenvalue weighted by Crippen LogP contribution is 2.31. The monoisotopic (exact) mass is 314 g/mol. The van der Waals surface area contributed by atoms with Crippen molar-refractivity contribution in [3.05, 3.63) is 23.8 Å². The number of fused-ring (bicyclic) bond motifs is 1. The van der Waals surface area contributed by atoms with Gasteiger partial charge in [-0.25, -0.2) is 0 Å². The molecule has 2 rings (SSSR count). The molecule has 0 aromatic heterocycles. The van der Waals surface area contributed by atoms with Gasteiger partial charge in [-0.3, -0.25) is 4.79 Å². The molecule has 0 spiro atoms. The molecule has 1 aliphatic rings. The molecule has 1 aromatic rings. The summed E-state index contributed by atoms with van der Waals surface area (Å²) in [6.07, 6.45) is 2.28. The molecule has 1 N–H and O–H groups in total. The van der Waals surface area contributed by atoms with Crippen molar-refractivity contribution < 1.29 is 19.4 Å². The molecule has 0 bridgehead atoms. The molecule has 1 aliphatic heterocycles. The van der Waals surface area contributed by atoms with Crippen LogP contribution in [-0.2, 0) is 11.2 Å². The lowest BCUT2D eigenvalue weighted by Gasteiger charge is -2.18. The Morgan fingerprint density at radius 2 is 2.06 bits per heavy atom. The summed E-state index contributed by atoms with van der Waals surface area (Å²) in [6.45, 7) is 1.18. The van der Waals surface area contributed by atoms with Gasteiger partial charge in [-0.05, 0) is 37.0 Å². The van der Waals surface area contributed by atoms with Crippen molar-refractivity contribution in [2.24, 2.45) is 0 Å². The highest BCUT2D eigenvalue weighted by molar-refractivity contribution is 9.10. The molecule has 0 fully saturated rings. The number of aryl methyl sites for hydroxylation is 1. The van der Waals surface area contributed by atoms with Crippen molar-refractivity contribution >= 4 is 21.9 Å². The summed E-state index contributed by atoms with van der Waals surface area (Å²) in [5.41, 5.74) is 1.14. The standard InChI is InChI=1S/C13H15BrO4/c14-10(13(15)16)3-1-2-9-4-5-11-12(8-9)18-7-6-17-11/h4-5,8,10H,1-3,6-7H2,(H,15,16). The van der Waals surface area contributed by atoms with Crippen LogP contribution in [-0.4, -0.2) is 29.1 Å². The van der Waals surface area contributed by atoms with E-state index in [4.69, 9.17) is 14.6 Å². The second kappa shape index (κ2) is 6.09. The lowest BCUT2D eigenvalue weighted by Crippen LogP contribution is -2.15. The van der Waals surface area contributed by atoms with Crippen LogP contribution in [0.4, 0.5) is 0 Å². The van der Waals surface area contributed by atoms with Gasteiger partial charge in [0.15, 0.2) is 11.5 Å². The fraction of sp³-hybridized carbons (Fsp3) is 0.462. The SMILES string of the molecule is O=C(O)C(Br)CCCc1ccc2c(c1)OCCO2. The second-order valence-electron chi connectivity index (χ2n) is 4.18. The van der Waals surface area contributed by atoms with Gasteiger partial charge < -0.3 is 14.6 Å². The van der Waals surface area contributed by atoms with E-state index in [1.165, 1.54) is 0 Å². The van der Waals surface area contributed by atoms with E-state index in [0.717, 1.165) is 29.9 Å². The Bertz CT molecular complexity index is 433. The molecule has 0 saturated heterocycles. The number of carboxylic acids is 1. The minimum atomic E-state index is -0.808. The molecule has 0 saturated carbocycles. The third kappa shape index (κ3) is 3.38. The summed E-state index contributed by atoms with van der Waals surface area (Å²) in [5, 5.41) is 8.75. The minimum Gasteiger partial charge on any atom is -0.486 e. The van der Waals surface area contributed by atoms with Crippen molar-refractivity contribution in [2.75, 3.05) is 13.2 Å². The topological polar surface area (TPSA) is 55.8 Å². The van der Waals surface area contributed by atoms with Crippen LogP contribution in [0.1, 0.15) is 18.4 Å². The Hall–Kier alpha value is -1.23. The maximum atomic E-state index is 10.6. The number of ether oxygens (including phenoxy) is 2. The number of halogens is 1. The van der Waals surface area contributed by atoms with E-state index < -0.39 is 10.8 Å². The van der Waals surface area contributed by atoms with E-state index in [9.17, 15) is 4.79 Å². The molecule has 1 aromatic carbocycles. The van der Waals surface area contributed by atoms with Gasteiger partial charge in [-0.15, -0.1) is 0 Å². The van der Waals surface area contributed by atoms with Crippen molar-refractivity contribution in [2.45, 2.75) is 24.1 Å². The normalized spacial score (nSPS) is 15.2. The van der Waals surface area contributed by atoms with Crippen LogP contribution in [0.3, 0.4) is 0 Å². The maximum absolute atomic E-state index is 10.6. The van der Waals surface area contributed by atoms with E-state index >= 15 is 0 Å². The highest BCUT2D eigenvalue weighted by Gasteiger charge is 2.14. The number of rotatable bonds is 5. The average Bonchev–Trinajstić information content (AvgIpc) is 2.38. The molecule has 1 heterocycles. The number of alkyl halides is 1. The second-order valence-corrected chi connectivity index (χ2v) is 5.28. The summed E-state index contributed by atoms with van der Waals surface area (Å²) in [5.74, 6) is 0.762. The number of carbonyl (C=O) groups is 1. The zero-order valence-corrected chi connectivity index (χ0v) is 11.5. The van der Waals surface area contributed by atoms with Crippen LogP contribution in [0.5, 0.6) is 11.5 Å². The van der Waals surface area contributed by atoms with Gasteiger partial charge in [0.05, 0.1) is 0 Å². The highest BCUT2D eigenvalue weighted by atomic mass is 79.9. The first-order chi connectivity index (χ1) is 8.66. The van der Waals surface area contributed by atoms with Gasteiger partial charge in [0.25, 0.3) is 0 Å². The third-order valence-corrected chi connectivity index (χ3v) is 3.65. The zero-order valence-electron chi connectivity index (χ0n) is 9.89. The van der Waals surface area contributed by atoms with E-state index in [1.807, 2.05) is 18.2 Å². The van der Waals surface area contributed by atoms with Gasteiger partial charge in [-0.2, -0.15) is 0 Å². The van der Waals surface area contributed by atoms with Crippen LogP contribution in [0.2, 0.25) is 0 Å². The van der Waals surface area contributed by atoms with Crippen molar-refractivity contribution in [3.63, 3.8) is 0 Å². The quantitative estimate of drug-likeness (QED) is 0.849. The van der Waals surface area contributed by atoms with Gasteiger partial charge in [0, 0.05) is 0 Å². The first-order valence-corrected chi connectivity index (χ1v) is 6.84. The number of carboxylic acid groups (broad SMARTS) is 1. The molecule has 0 amide bonds. The molecule has 1 unspecified atom stereocenters. The molecule has 4 nitrogen and oxygen atoms in total. The lowest BCUT2D eigenvalue weighted by molar-refractivity contribution is -0.136. The Balaban J connectivity index is 1.88. The van der Waals surface area contributed by atoms with Crippen molar-refractivity contribution in [1.29, 1.82) is 0 Å². The summed E-state index contributed by atoms with van der Waals surface area (Å²) in [6, 6.07) is 5.88. The van der Waals surface area contributed by atoms with Crippen molar-refractivity contribution in [1.82, 2.24) is 0 Å². The molecule has 0 aliphatic carbocycles. The fourth-order valence-electron chi connectivity index (χ4n) is 1.85. The fourth-order valence-corrected chi connectivity index (χ4v) is 2.18. The van der Waals surface area contributed by atoms with E-state index in [2.05, 4.69) is 15.9 Å². The molecule has 0 radical (unpaired) electrons. The molecular weight excluding hydrogens is 300 g/mol. The Morgan fingerprint density at radius 1 is 1.33 bits per heavy atom. The van der Waals surface area contributed by atoms with Gasteiger partial charge >= 0.3 is 5.97 Å². The average molecular weight is 315 g/mol. The molecular formula is C13H15BrO4. The maximum Gasteiger partial charge on any atom is 0.317 e. The third-order valence-electron chi connectivity index (χ3n) is 2.80. The van der Waals surface area contributed by atoms with E-state index in [1.54, 1.807) is 0 Å². The Kier molecular flexibility index (Phi) is 4.47. The van der Waals surface area contributed by atoms with Crippen LogP contribution in [0, 0.1) is 0 Å². The summed E-state index contributed by atoms with van der Waals surface area (Å²) < 4.78 is 10.9. The number of hydrogen-bond donors (Lipinski definition) is 1. The molecule has 1 atom stereocenters. The summed E-state index contributed by atoms with van der Waals surface area (Å²) in [4.78, 5) is 10.2.